The normalized spacial score (nSPS) is 17.4. The van der Waals surface area contributed by atoms with E-state index in [0.717, 1.165) is 11.3 Å². The summed E-state index contributed by atoms with van der Waals surface area (Å²) in [5.74, 6) is -0.164. The lowest BCUT2D eigenvalue weighted by Crippen LogP contribution is -2.43. The number of para-hydroxylation sites is 1. The van der Waals surface area contributed by atoms with Gasteiger partial charge in [0.05, 0.1) is 17.9 Å². The second-order valence-corrected chi connectivity index (χ2v) is 8.28. The predicted molar refractivity (Wildman–Crippen MR) is 109 cm³/mol. The average Bonchev–Trinajstić information content (AvgIpc) is 2.72. The molecule has 0 unspecified atom stereocenters. The van der Waals surface area contributed by atoms with Gasteiger partial charge in [0.1, 0.15) is 0 Å². The van der Waals surface area contributed by atoms with Crippen LogP contribution in [0, 0.1) is 0 Å². The highest BCUT2D eigenvalue weighted by molar-refractivity contribution is 7.90. The minimum Gasteiger partial charge on any atom is -0.331 e. The monoisotopic (exact) mass is 393 g/mol. The smallest absolute Gasteiger partial charge is 0.262 e. The number of rotatable bonds is 4. The summed E-state index contributed by atoms with van der Waals surface area (Å²) in [6.45, 7) is 0.650. The van der Waals surface area contributed by atoms with Crippen molar-refractivity contribution in [1.82, 2.24) is 4.90 Å². The summed E-state index contributed by atoms with van der Waals surface area (Å²) in [5, 5.41) is 0. The molecule has 2 aliphatic rings. The molecular formula is C21H19N3O3S. The number of hydrogen-bond acceptors (Lipinski definition) is 4. The molecule has 2 aromatic carbocycles. The fraction of sp³-hybridized carbons (Fsp3) is 0.143. The number of sulfonamides is 1. The number of nitrogens with zero attached hydrogens (tertiary/aromatic N) is 3. The summed E-state index contributed by atoms with van der Waals surface area (Å²) in [6, 6.07) is 19.0. The molecular weight excluding hydrogens is 374 g/mol. The highest BCUT2D eigenvalue weighted by atomic mass is 32.2. The Hall–Kier alpha value is -3.19. The van der Waals surface area contributed by atoms with Crippen LogP contribution in [-0.4, -0.2) is 37.4 Å². The highest BCUT2D eigenvalue weighted by Gasteiger charge is 2.32. The van der Waals surface area contributed by atoms with Gasteiger partial charge in [0.25, 0.3) is 15.9 Å². The number of fused-ring (bicyclic) bond motifs is 1. The SMILES string of the molecule is O=C(C1=CC=CN2CCS(=O)(=O)N=C12)N(Cc1ccccc1)c1ccccc1. The van der Waals surface area contributed by atoms with Gasteiger partial charge in [-0.25, -0.2) is 8.42 Å². The zero-order valence-corrected chi connectivity index (χ0v) is 15.9. The lowest BCUT2D eigenvalue weighted by atomic mass is 10.1. The topological polar surface area (TPSA) is 70.0 Å². The zero-order chi connectivity index (χ0) is 19.6. The number of carbonyl (C=O) groups is 1. The molecule has 0 atom stereocenters. The second-order valence-electron chi connectivity index (χ2n) is 6.53. The van der Waals surface area contributed by atoms with Gasteiger partial charge in [0, 0.05) is 18.4 Å². The largest absolute Gasteiger partial charge is 0.331 e. The Morgan fingerprint density at radius 2 is 1.71 bits per heavy atom. The van der Waals surface area contributed by atoms with Crippen molar-refractivity contribution in [3.63, 3.8) is 0 Å². The van der Waals surface area contributed by atoms with Crippen LogP contribution >= 0.6 is 0 Å². The molecule has 2 aliphatic heterocycles. The molecule has 6 nitrogen and oxygen atoms in total. The van der Waals surface area contributed by atoms with Gasteiger partial charge >= 0.3 is 0 Å². The van der Waals surface area contributed by atoms with E-state index in [0.29, 0.717) is 6.54 Å². The van der Waals surface area contributed by atoms with Crippen LogP contribution in [0.2, 0.25) is 0 Å². The molecule has 0 aromatic heterocycles. The lowest BCUT2D eigenvalue weighted by molar-refractivity contribution is -0.114. The molecule has 1 amide bonds. The Kier molecular flexibility index (Phi) is 4.83. The molecule has 2 heterocycles. The van der Waals surface area contributed by atoms with Crippen molar-refractivity contribution in [2.75, 3.05) is 17.2 Å². The molecule has 0 aliphatic carbocycles. The van der Waals surface area contributed by atoms with Crippen LogP contribution in [0.15, 0.2) is 89.0 Å². The minimum atomic E-state index is -3.57. The van der Waals surface area contributed by atoms with Crippen LogP contribution in [0.4, 0.5) is 5.69 Å². The van der Waals surface area contributed by atoms with Gasteiger partial charge in [-0.05, 0) is 29.8 Å². The molecule has 0 radical (unpaired) electrons. The summed E-state index contributed by atoms with van der Waals surface area (Å²) in [6.07, 6.45) is 5.11. The fourth-order valence-corrected chi connectivity index (χ4v) is 4.17. The maximum absolute atomic E-state index is 13.5. The Bertz CT molecular complexity index is 1070. The third-order valence-electron chi connectivity index (χ3n) is 4.58. The average molecular weight is 393 g/mol. The van der Waals surface area contributed by atoms with E-state index in [-0.39, 0.29) is 29.6 Å². The van der Waals surface area contributed by atoms with Crippen LogP contribution in [0.25, 0.3) is 0 Å². The Morgan fingerprint density at radius 1 is 1.04 bits per heavy atom. The van der Waals surface area contributed by atoms with E-state index < -0.39 is 10.0 Å². The molecule has 28 heavy (non-hydrogen) atoms. The van der Waals surface area contributed by atoms with Crippen molar-refractivity contribution in [3.05, 3.63) is 90.2 Å². The van der Waals surface area contributed by atoms with E-state index in [1.54, 1.807) is 28.2 Å². The molecule has 2 aromatic rings. The first kappa shape index (κ1) is 18.2. The lowest BCUT2D eigenvalue weighted by Gasteiger charge is -2.31. The molecule has 0 spiro atoms. The molecule has 0 N–H and O–H groups in total. The van der Waals surface area contributed by atoms with Crippen molar-refractivity contribution >= 4 is 27.5 Å². The summed E-state index contributed by atoms with van der Waals surface area (Å²) >= 11 is 0. The van der Waals surface area contributed by atoms with E-state index in [1.807, 2.05) is 60.7 Å². The van der Waals surface area contributed by atoms with E-state index in [1.165, 1.54) is 0 Å². The molecule has 0 saturated carbocycles. The fourth-order valence-electron chi connectivity index (χ4n) is 3.18. The molecule has 0 bridgehead atoms. The molecule has 0 fully saturated rings. The van der Waals surface area contributed by atoms with Crippen LogP contribution in [0.5, 0.6) is 0 Å². The number of carbonyl (C=O) groups excluding carboxylic acids is 1. The van der Waals surface area contributed by atoms with Crippen LogP contribution in [0.3, 0.4) is 0 Å². The van der Waals surface area contributed by atoms with Gasteiger partial charge in [-0.2, -0.15) is 0 Å². The standard InChI is InChI=1S/C21H19N3O3S/c25-21(19-12-7-13-23-14-15-28(26,27)22-20(19)23)24(18-10-5-2-6-11-18)16-17-8-3-1-4-9-17/h1-13H,14-16H2. The van der Waals surface area contributed by atoms with E-state index in [4.69, 9.17) is 0 Å². The molecule has 0 saturated heterocycles. The first-order valence-electron chi connectivity index (χ1n) is 8.92. The number of benzene rings is 2. The van der Waals surface area contributed by atoms with E-state index >= 15 is 0 Å². The van der Waals surface area contributed by atoms with Gasteiger partial charge in [0.2, 0.25) is 0 Å². The van der Waals surface area contributed by atoms with E-state index in [9.17, 15) is 13.2 Å². The van der Waals surface area contributed by atoms with Crippen molar-refractivity contribution in [1.29, 1.82) is 0 Å². The number of hydrogen-bond donors (Lipinski definition) is 0. The van der Waals surface area contributed by atoms with Gasteiger partial charge in [-0.1, -0.05) is 48.5 Å². The number of allylic oxidation sites excluding steroid dienone is 2. The number of amides is 1. The highest BCUT2D eigenvalue weighted by Crippen LogP contribution is 2.24. The van der Waals surface area contributed by atoms with Crippen LogP contribution in [-0.2, 0) is 21.4 Å². The summed E-state index contributed by atoms with van der Waals surface area (Å²) < 4.78 is 27.9. The quantitative estimate of drug-likeness (QED) is 0.801. The maximum atomic E-state index is 13.5. The zero-order valence-electron chi connectivity index (χ0n) is 15.1. The molecule has 142 valence electrons. The van der Waals surface area contributed by atoms with Gasteiger partial charge in [-0.3, -0.25) is 4.79 Å². The third kappa shape index (κ3) is 3.75. The van der Waals surface area contributed by atoms with Gasteiger partial charge in [0.15, 0.2) is 5.84 Å². The predicted octanol–water partition coefficient (Wildman–Crippen LogP) is 2.72. The maximum Gasteiger partial charge on any atom is 0.262 e. The van der Waals surface area contributed by atoms with Crippen molar-refractivity contribution < 1.29 is 13.2 Å². The van der Waals surface area contributed by atoms with Gasteiger partial charge < -0.3 is 9.80 Å². The first-order valence-corrected chi connectivity index (χ1v) is 10.5. The summed E-state index contributed by atoms with van der Waals surface area (Å²) in [7, 11) is -3.57. The first-order chi connectivity index (χ1) is 13.5. The molecule has 4 rings (SSSR count). The third-order valence-corrected chi connectivity index (χ3v) is 5.73. The number of anilines is 1. The van der Waals surface area contributed by atoms with Crippen molar-refractivity contribution in [2.24, 2.45) is 4.40 Å². The Labute approximate surface area is 164 Å². The van der Waals surface area contributed by atoms with Crippen molar-refractivity contribution in [3.8, 4) is 0 Å². The van der Waals surface area contributed by atoms with Crippen molar-refractivity contribution in [2.45, 2.75) is 6.54 Å². The summed E-state index contributed by atoms with van der Waals surface area (Å²) in [4.78, 5) is 16.8. The van der Waals surface area contributed by atoms with Crippen LogP contribution in [0.1, 0.15) is 5.56 Å². The summed E-state index contributed by atoms with van der Waals surface area (Å²) in [5.41, 5.74) is 1.98. The Morgan fingerprint density at radius 3 is 2.43 bits per heavy atom. The van der Waals surface area contributed by atoms with E-state index in [2.05, 4.69) is 4.40 Å². The second kappa shape index (κ2) is 7.44. The molecule has 7 heteroatoms. The Balaban J connectivity index is 1.74. The van der Waals surface area contributed by atoms with Gasteiger partial charge in [-0.15, -0.1) is 4.40 Å². The minimum absolute atomic E-state index is 0.0608. The number of amidine groups is 1. The van der Waals surface area contributed by atoms with Crippen LogP contribution < -0.4 is 4.90 Å².